The van der Waals surface area contributed by atoms with E-state index in [9.17, 15) is 5.11 Å². The van der Waals surface area contributed by atoms with E-state index in [-0.39, 0.29) is 12.2 Å². The summed E-state index contributed by atoms with van der Waals surface area (Å²) >= 11 is 0. The lowest BCUT2D eigenvalue weighted by atomic mass is 9.94. The fourth-order valence-electron chi connectivity index (χ4n) is 1.98. The fraction of sp³-hybridized carbons (Fsp3) is 1.00. The minimum Gasteiger partial charge on any atom is -0.393 e. The molecule has 2 aliphatic rings. The van der Waals surface area contributed by atoms with E-state index in [1.807, 2.05) is 0 Å². The SMILES string of the molecule is O[C@H]1CCO[C@@H]([C@@H]2CCOC2)C1. The van der Waals surface area contributed by atoms with Gasteiger partial charge in [0.25, 0.3) is 0 Å². The van der Waals surface area contributed by atoms with Crippen LogP contribution >= 0.6 is 0 Å². The monoisotopic (exact) mass is 172 g/mol. The standard InChI is InChI=1S/C9H16O3/c10-8-2-4-12-9(5-8)7-1-3-11-6-7/h7-10H,1-6H2/t7-,8+,9-/m1/s1. The second kappa shape index (κ2) is 3.73. The molecule has 1 N–H and O–H groups in total. The minimum atomic E-state index is -0.149. The average molecular weight is 172 g/mol. The van der Waals surface area contributed by atoms with Gasteiger partial charge in [-0.3, -0.25) is 0 Å². The van der Waals surface area contributed by atoms with Gasteiger partial charge in [-0.15, -0.1) is 0 Å². The lowest BCUT2D eigenvalue weighted by Crippen LogP contribution is -2.34. The van der Waals surface area contributed by atoms with E-state index < -0.39 is 0 Å². The molecule has 0 spiro atoms. The van der Waals surface area contributed by atoms with Gasteiger partial charge in [0.1, 0.15) is 0 Å². The van der Waals surface area contributed by atoms with Crippen LogP contribution in [0.2, 0.25) is 0 Å². The molecule has 0 saturated carbocycles. The third kappa shape index (κ3) is 1.79. The van der Waals surface area contributed by atoms with Gasteiger partial charge in [0.15, 0.2) is 0 Å². The molecule has 0 unspecified atom stereocenters. The lowest BCUT2D eigenvalue weighted by Gasteiger charge is -2.29. The van der Waals surface area contributed by atoms with Crippen LogP contribution in [0.15, 0.2) is 0 Å². The number of hydrogen-bond acceptors (Lipinski definition) is 3. The van der Waals surface area contributed by atoms with E-state index in [4.69, 9.17) is 9.47 Å². The number of aliphatic hydroxyl groups is 1. The Morgan fingerprint density at radius 3 is 2.75 bits per heavy atom. The first kappa shape index (κ1) is 8.48. The first-order valence-electron chi connectivity index (χ1n) is 4.73. The van der Waals surface area contributed by atoms with E-state index >= 15 is 0 Å². The number of hydrogen-bond donors (Lipinski definition) is 1. The highest BCUT2D eigenvalue weighted by molar-refractivity contribution is 4.79. The normalized spacial score (nSPS) is 43.2. The largest absolute Gasteiger partial charge is 0.393 e. The van der Waals surface area contributed by atoms with Gasteiger partial charge in [0.05, 0.1) is 18.8 Å². The molecule has 2 aliphatic heterocycles. The first-order valence-corrected chi connectivity index (χ1v) is 4.73. The highest BCUT2D eigenvalue weighted by Crippen LogP contribution is 2.26. The van der Waals surface area contributed by atoms with Crippen molar-refractivity contribution in [2.24, 2.45) is 5.92 Å². The highest BCUT2D eigenvalue weighted by Gasteiger charge is 2.30. The van der Waals surface area contributed by atoms with E-state index in [1.54, 1.807) is 0 Å². The molecule has 0 aromatic rings. The maximum absolute atomic E-state index is 9.42. The second-order valence-electron chi connectivity index (χ2n) is 3.71. The van der Waals surface area contributed by atoms with Crippen molar-refractivity contribution in [2.45, 2.75) is 31.5 Å². The molecule has 3 atom stereocenters. The molecule has 2 fully saturated rings. The van der Waals surface area contributed by atoms with Crippen LogP contribution in [-0.2, 0) is 9.47 Å². The summed E-state index contributed by atoms with van der Waals surface area (Å²) in [5.74, 6) is 0.528. The lowest BCUT2D eigenvalue weighted by molar-refractivity contribution is -0.0696. The van der Waals surface area contributed by atoms with Gasteiger partial charge in [-0.25, -0.2) is 0 Å². The van der Waals surface area contributed by atoms with Crippen LogP contribution in [0.25, 0.3) is 0 Å². The highest BCUT2D eigenvalue weighted by atomic mass is 16.5. The van der Waals surface area contributed by atoms with Crippen molar-refractivity contribution in [1.82, 2.24) is 0 Å². The van der Waals surface area contributed by atoms with Crippen molar-refractivity contribution in [3.8, 4) is 0 Å². The predicted octanol–water partition coefficient (Wildman–Crippen LogP) is 0.563. The molecule has 0 aliphatic carbocycles. The van der Waals surface area contributed by atoms with E-state index in [0.717, 1.165) is 32.5 Å². The van der Waals surface area contributed by atoms with E-state index in [0.29, 0.717) is 12.5 Å². The molecule has 3 nitrogen and oxygen atoms in total. The van der Waals surface area contributed by atoms with Gasteiger partial charge in [-0.2, -0.15) is 0 Å². The summed E-state index contributed by atoms with van der Waals surface area (Å²) in [7, 11) is 0. The van der Waals surface area contributed by atoms with Crippen molar-refractivity contribution >= 4 is 0 Å². The molecule has 2 saturated heterocycles. The molecule has 12 heavy (non-hydrogen) atoms. The average Bonchev–Trinajstić information content (AvgIpc) is 2.56. The summed E-state index contributed by atoms with van der Waals surface area (Å²) in [6.45, 7) is 2.39. The van der Waals surface area contributed by atoms with Gasteiger partial charge in [0.2, 0.25) is 0 Å². The predicted molar refractivity (Wildman–Crippen MR) is 43.9 cm³/mol. The quantitative estimate of drug-likeness (QED) is 0.628. The molecule has 3 heteroatoms. The van der Waals surface area contributed by atoms with Crippen LogP contribution in [-0.4, -0.2) is 37.1 Å². The Labute approximate surface area is 72.7 Å². The smallest absolute Gasteiger partial charge is 0.0650 e. The van der Waals surface area contributed by atoms with Crippen LogP contribution in [0, 0.1) is 5.92 Å². The van der Waals surface area contributed by atoms with Gasteiger partial charge >= 0.3 is 0 Å². The molecule has 0 aromatic heterocycles. The van der Waals surface area contributed by atoms with Crippen molar-refractivity contribution < 1.29 is 14.6 Å². The van der Waals surface area contributed by atoms with Crippen LogP contribution in [0.3, 0.4) is 0 Å². The zero-order valence-electron chi connectivity index (χ0n) is 7.24. The summed E-state index contributed by atoms with van der Waals surface area (Å²) in [5.41, 5.74) is 0. The van der Waals surface area contributed by atoms with Crippen molar-refractivity contribution in [3.63, 3.8) is 0 Å². The molecule has 70 valence electrons. The summed E-state index contributed by atoms with van der Waals surface area (Å²) in [6, 6.07) is 0. The molecule has 0 amide bonds. The summed E-state index contributed by atoms with van der Waals surface area (Å²) in [5, 5.41) is 9.42. The third-order valence-corrected chi connectivity index (χ3v) is 2.78. The first-order chi connectivity index (χ1) is 5.86. The van der Waals surface area contributed by atoms with E-state index in [1.165, 1.54) is 0 Å². The Hall–Kier alpha value is -0.120. The zero-order chi connectivity index (χ0) is 8.39. The Kier molecular flexibility index (Phi) is 2.63. The number of aliphatic hydroxyl groups excluding tert-OH is 1. The second-order valence-corrected chi connectivity index (χ2v) is 3.71. The molecule has 2 rings (SSSR count). The summed E-state index contributed by atoms with van der Waals surface area (Å²) < 4.78 is 10.9. The van der Waals surface area contributed by atoms with Gasteiger partial charge in [-0.05, 0) is 19.3 Å². The molecule has 0 bridgehead atoms. The Balaban J connectivity index is 1.85. The topological polar surface area (TPSA) is 38.7 Å². The van der Waals surface area contributed by atoms with Crippen molar-refractivity contribution in [1.29, 1.82) is 0 Å². The van der Waals surface area contributed by atoms with Gasteiger partial charge < -0.3 is 14.6 Å². The Morgan fingerprint density at radius 2 is 2.08 bits per heavy atom. The Bertz CT molecular complexity index is 143. The maximum atomic E-state index is 9.42. The van der Waals surface area contributed by atoms with Gasteiger partial charge in [-0.1, -0.05) is 0 Å². The number of rotatable bonds is 1. The van der Waals surface area contributed by atoms with Gasteiger partial charge in [0, 0.05) is 19.1 Å². The zero-order valence-corrected chi connectivity index (χ0v) is 7.24. The molecule has 0 aromatic carbocycles. The minimum absolute atomic E-state index is 0.149. The third-order valence-electron chi connectivity index (χ3n) is 2.78. The van der Waals surface area contributed by atoms with Crippen LogP contribution in [0.1, 0.15) is 19.3 Å². The fourth-order valence-corrected chi connectivity index (χ4v) is 1.98. The summed E-state index contributed by atoms with van der Waals surface area (Å²) in [4.78, 5) is 0. The van der Waals surface area contributed by atoms with Crippen LogP contribution in [0.5, 0.6) is 0 Å². The molecular formula is C9H16O3. The molecular weight excluding hydrogens is 156 g/mol. The van der Waals surface area contributed by atoms with Crippen LogP contribution in [0.4, 0.5) is 0 Å². The summed E-state index contributed by atoms with van der Waals surface area (Å²) in [6.07, 6.45) is 2.79. The van der Waals surface area contributed by atoms with Crippen LogP contribution < -0.4 is 0 Å². The Morgan fingerprint density at radius 1 is 1.17 bits per heavy atom. The number of ether oxygens (including phenoxy) is 2. The van der Waals surface area contributed by atoms with E-state index in [2.05, 4.69) is 0 Å². The van der Waals surface area contributed by atoms with Crippen molar-refractivity contribution in [2.75, 3.05) is 19.8 Å². The molecule has 0 radical (unpaired) electrons. The maximum Gasteiger partial charge on any atom is 0.0650 e. The molecule has 2 heterocycles. The van der Waals surface area contributed by atoms with Crippen molar-refractivity contribution in [3.05, 3.63) is 0 Å².